The Labute approximate surface area is 104 Å². The lowest BCUT2D eigenvalue weighted by Crippen LogP contribution is -2.16. The predicted octanol–water partition coefficient (Wildman–Crippen LogP) is 2.88. The normalized spacial score (nSPS) is 12.6. The molecule has 0 aliphatic carbocycles. The number of halogens is 1. The Morgan fingerprint density at radius 3 is 2.76 bits per heavy atom. The molecule has 1 heterocycles. The minimum atomic E-state index is -0.185. The Morgan fingerprint density at radius 2 is 2.18 bits per heavy atom. The number of hydrogen-bond donors (Lipinski definition) is 1. The first-order valence-electron chi connectivity index (χ1n) is 5.56. The lowest BCUT2D eigenvalue weighted by Gasteiger charge is -2.14. The topological polar surface area (TPSA) is 38.9 Å². The Morgan fingerprint density at radius 1 is 1.41 bits per heavy atom. The summed E-state index contributed by atoms with van der Waals surface area (Å²) in [5.74, 6) is -0.187. The van der Waals surface area contributed by atoms with Crippen molar-refractivity contribution < 1.29 is 4.39 Å². The molecule has 0 bridgehead atoms. The van der Waals surface area contributed by atoms with Crippen LogP contribution in [0.2, 0.25) is 0 Å². The van der Waals surface area contributed by atoms with Gasteiger partial charge in [-0.3, -0.25) is 0 Å². The van der Waals surface area contributed by atoms with Crippen LogP contribution in [0.3, 0.4) is 0 Å². The molecule has 0 saturated heterocycles. The van der Waals surface area contributed by atoms with Crippen LogP contribution in [0.4, 0.5) is 4.39 Å². The van der Waals surface area contributed by atoms with E-state index in [1.807, 2.05) is 18.4 Å². The molecule has 0 aliphatic heterocycles. The summed E-state index contributed by atoms with van der Waals surface area (Å²) in [4.78, 5) is 4.39. The molecule has 2 aromatic rings. The molecule has 1 atom stereocenters. The molecule has 0 spiro atoms. The van der Waals surface area contributed by atoms with Gasteiger partial charge in [-0.05, 0) is 31.5 Å². The van der Waals surface area contributed by atoms with Crippen molar-refractivity contribution in [2.75, 3.05) is 6.54 Å². The number of nitrogens with zero attached hydrogens (tertiary/aromatic N) is 1. The summed E-state index contributed by atoms with van der Waals surface area (Å²) in [7, 11) is 0. The fraction of sp³-hybridized carbons (Fsp3) is 0.308. The molecular weight excluding hydrogens is 235 g/mol. The van der Waals surface area contributed by atoms with E-state index < -0.39 is 0 Å². The van der Waals surface area contributed by atoms with Crippen molar-refractivity contribution in [2.24, 2.45) is 5.73 Å². The van der Waals surface area contributed by atoms with Gasteiger partial charge in [0.25, 0.3) is 0 Å². The molecule has 90 valence electrons. The summed E-state index contributed by atoms with van der Waals surface area (Å²) >= 11 is 1.61. The molecule has 17 heavy (non-hydrogen) atoms. The van der Waals surface area contributed by atoms with Gasteiger partial charge in [0.1, 0.15) is 5.82 Å². The largest absolute Gasteiger partial charge is 0.330 e. The highest BCUT2D eigenvalue weighted by atomic mass is 32.1. The highest BCUT2D eigenvalue weighted by molar-refractivity contribution is 7.09. The Hall–Kier alpha value is -1.26. The van der Waals surface area contributed by atoms with Gasteiger partial charge >= 0.3 is 0 Å². The lowest BCUT2D eigenvalue weighted by molar-refractivity contribution is 0.573. The molecule has 0 saturated carbocycles. The zero-order valence-corrected chi connectivity index (χ0v) is 10.5. The van der Waals surface area contributed by atoms with E-state index in [1.54, 1.807) is 23.5 Å². The van der Waals surface area contributed by atoms with Crippen LogP contribution in [0.25, 0.3) is 0 Å². The number of rotatable bonds is 4. The van der Waals surface area contributed by atoms with Gasteiger partial charge in [-0.1, -0.05) is 18.2 Å². The average molecular weight is 250 g/mol. The van der Waals surface area contributed by atoms with Crippen LogP contribution in [0.1, 0.15) is 22.2 Å². The van der Waals surface area contributed by atoms with Gasteiger partial charge < -0.3 is 5.73 Å². The highest BCUT2D eigenvalue weighted by Crippen LogP contribution is 2.23. The van der Waals surface area contributed by atoms with E-state index >= 15 is 0 Å². The number of nitrogens with two attached hydrogens (primary N) is 1. The summed E-state index contributed by atoms with van der Waals surface area (Å²) in [6.07, 6.45) is 0.696. The van der Waals surface area contributed by atoms with Gasteiger partial charge in [0, 0.05) is 11.3 Å². The van der Waals surface area contributed by atoms with Crippen LogP contribution in [-0.2, 0) is 6.42 Å². The number of benzene rings is 1. The van der Waals surface area contributed by atoms with Crippen LogP contribution in [0.15, 0.2) is 29.6 Å². The van der Waals surface area contributed by atoms with Gasteiger partial charge in [0.2, 0.25) is 0 Å². The van der Waals surface area contributed by atoms with Crippen LogP contribution < -0.4 is 5.73 Å². The minimum Gasteiger partial charge on any atom is -0.330 e. The quantitative estimate of drug-likeness (QED) is 0.906. The molecule has 1 unspecified atom stereocenters. The maximum Gasteiger partial charge on any atom is 0.126 e. The molecule has 2 nitrogen and oxygen atoms in total. The fourth-order valence-electron chi connectivity index (χ4n) is 1.88. The number of aromatic nitrogens is 1. The Balaban J connectivity index is 2.20. The van der Waals surface area contributed by atoms with Crippen molar-refractivity contribution in [3.05, 3.63) is 51.7 Å². The van der Waals surface area contributed by atoms with Crippen LogP contribution in [0.5, 0.6) is 0 Å². The molecular formula is C13H15FN2S. The Kier molecular flexibility index (Phi) is 3.86. The first kappa shape index (κ1) is 12.2. The summed E-state index contributed by atoms with van der Waals surface area (Å²) in [6.45, 7) is 2.40. The standard InChI is InChI=1S/C13H15FN2S/c1-9-16-11(8-17-9)6-10(7-15)12-4-2-3-5-13(12)14/h2-5,8,10H,6-7,15H2,1H3. The van der Waals surface area contributed by atoms with Crippen molar-refractivity contribution >= 4 is 11.3 Å². The lowest BCUT2D eigenvalue weighted by atomic mass is 9.94. The zero-order chi connectivity index (χ0) is 12.3. The van der Waals surface area contributed by atoms with Crippen molar-refractivity contribution in [1.82, 2.24) is 4.98 Å². The van der Waals surface area contributed by atoms with Crippen molar-refractivity contribution in [2.45, 2.75) is 19.3 Å². The maximum absolute atomic E-state index is 13.7. The van der Waals surface area contributed by atoms with Crippen LogP contribution in [-0.4, -0.2) is 11.5 Å². The van der Waals surface area contributed by atoms with Gasteiger partial charge in [-0.25, -0.2) is 9.37 Å². The second-order valence-electron chi connectivity index (χ2n) is 4.02. The molecule has 1 aromatic carbocycles. The molecule has 0 fully saturated rings. The van der Waals surface area contributed by atoms with Crippen molar-refractivity contribution in [1.29, 1.82) is 0 Å². The minimum absolute atomic E-state index is 0.00213. The molecule has 0 radical (unpaired) electrons. The van der Waals surface area contributed by atoms with E-state index in [0.29, 0.717) is 18.5 Å². The molecule has 2 rings (SSSR count). The van der Waals surface area contributed by atoms with Crippen LogP contribution >= 0.6 is 11.3 Å². The van der Waals surface area contributed by atoms with E-state index in [0.717, 1.165) is 10.7 Å². The smallest absolute Gasteiger partial charge is 0.126 e. The van der Waals surface area contributed by atoms with Crippen LogP contribution in [0, 0.1) is 12.7 Å². The number of hydrogen-bond acceptors (Lipinski definition) is 3. The fourth-order valence-corrected chi connectivity index (χ4v) is 2.51. The van der Waals surface area contributed by atoms with Crippen molar-refractivity contribution in [3.63, 3.8) is 0 Å². The summed E-state index contributed by atoms with van der Waals surface area (Å²) in [5, 5.41) is 3.04. The van der Waals surface area contributed by atoms with Gasteiger partial charge in [-0.2, -0.15) is 0 Å². The predicted molar refractivity (Wildman–Crippen MR) is 68.8 cm³/mol. The second-order valence-corrected chi connectivity index (χ2v) is 5.08. The van der Waals surface area contributed by atoms with Crippen molar-refractivity contribution in [3.8, 4) is 0 Å². The van der Waals surface area contributed by atoms with E-state index in [9.17, 15) is 4.39 Å². The SMILES string of the molecule is Cc1nc(CC(CN)c2ccccc2F)cs1. The van der Waals surface area contributed by atoms with Gasteiger partial charge in [-0.15, -0.1) is 11.3 Å². The third-order valence-corrected chi connectivity index (χ3v) is 3.57. The molecule has 0 amide bonds. The second kappa shape index (κ2) is 5.38. The third-order valence-electron chi connectivity index (χ3n) is 2.75. The van der Waals surface area contributed by atoms with E-state index in [-0.39, 0.29) is 11.7 Å². The first-order valence-corrected chi connectivity index (χ1v) is 6.44. The summed E-state index contributed by atoms with van der Waals surface area (Å²) < 4.78 is 13.7. The highest BCUT2D eigenvalue weighted by Gasteiger charge is 2.15. The summed E-state index contributed by atoms with van der Waals surface area (Å²) in [5.41, 5.74) is 7.41. The zero-order valence-electron chi connectivity index (χ0n) is 9.69. The monoisotopic (exact) mass is 250 g/mol. The third kappa shape index (κ3) is 2.90. The van der Waals surface area contributed by atoms with E-state index in [4.69, 9.17) is 5.73 Å². The molecule has 4 heteroatoms. The number of aryl methyl sites for hydroxylation is 1. The van der Waals surface area contributed by atoms with E-state index in [1.165, 1.54) is 6.07 Å². The van der Waals surface area contributed by atoms with Gasteiger partial charge in [0.05, 0.1) is 10.7 Å². The average Bonchev–Trinajstić information content (AvgIpc) is 2.73. The number of thiazole rings is 1. The first-order chi connectivity index (χ1) is 8.20. The van der Waals surface area contributed by atoms with E-state index in [2.05, 4.69) is 4.98 Å². The summed E-state index contributed by atoms with van der Waals surface area (Å²) in [6, 6.07) is 6.81. The maximum atomic E-state index is 13.7. The molecule has 2 N–H and O–H groups in total. The molecule has 0 aliphatic rings. The molecule has 1 aromatic heterocycles. The Bertz CT molecular complexity index is 496. The van der Waals surface area contributed by atoms with Gasteiger partial charge in [0.15, 0.2) is 0 Å².